The Morgan fingerprint density at radius 2 is 1.61 bits per heavy atom. The van der Waals surface area contributed by atoms with Crippen molar-refractivity contribution in [2.75, 3.05) is 13.2 Å². The third kappa shape index (κ3) is 4.89. The normalized spacial score (nSPS) is 10.4. The molecule has 0 amide bonds. The minimum atomic E-state index is 0.764. The lowest BCUT2D eigenvalue weighted by Crippen LogP contribution is -2.01. The van der Waals surface area contributed by atoms with Gasteiger partial charge in [0.05, 0.1) is 13.2 Å². The summed E-state index contributed by atoms with van der Waals surface area (Å²) in [5.74, 6) is 1.80. The van der Waals surface area contributed by atoms with Crippen molar-refractivity contribution in [2.24, 2.45) is 0 Å². The molecule has 102 valence electrons. The maximum atomic E-state index is 5.79. The molecule has 1 aromatic rings. The van der Waals surface area contributed by atoms with Gasteiger partial charge in [0.1, 0.15) is 11.5 Å². The van der Waals surface area contributed by atoms with Crippen molar-refractivity contribution in [1.82, 2.24) is 0 Å². The lowest BCUT2D eigenvalue weighted by molar-refractivity contribution is 0.292. The van der Waals surface area contributed by atoms with Gasteiger partial charge >= 0.3 is 0 Å². The predicted molar refractivity (Wildman–Crippen MR) is 79.7 cm³/mol. The third-order valence-corrected chi connectivity index (χ3v) is 3.62. The number of ether oxygens (including phenoxy) is 2. The van der Waals surface area contributed by atoms with Crippen LogP contribution in [0.1, 0.15) is 45.1 Å². The molecule has 0 aliphatic rings. The molecule has 0 aromatic heterocycles. The second-order valence-corrected chi connectivity index (χ2v) is 5.29. The van der Waals surface area contributed by atoms with Gasteiger partial charge in [-0.1, -0.05) is 42.6 Å². The monoisotopic (exact) mass is 314 g/mol. The lowest BCUT2D eigenvalue weighted by Gasteiger charge is -2.13. The molecule has 1 rings (SSSR count). The standard InChI is InChI=1S/C15H23BrO2/c1-4-6-8-17-13-10-14(16)12(3)15(11-13)18-9-7-5-2/h10-11H,4-9H2,1-3H3. The number of halogens is 1. The largest absolute Gasteiger partial charge is 0.493 e. The van der Waals surface area contributed by atoms with Crippen LogP contribution in [0, 0.1) is 6.92 Å². The molecule has 0 unspecified atom stereocenters. The van der Waals surface area contributed by atoms with E-state index < -0.39 is 0 Å². The molecule has 0 atom stereocenters. The van der Waals surface area contributed by atoms with E-state index >= 15 is 0 Å². The second-order valence-electron chi connectivity index (χ2n) is 4.43. The molecule has 0 spiro atoms. The highest BCUT2D eigenvalue weighted by atomic mass is 79.9. The minimum absolute atomic E-state index is 0.764. The molecule has 18 heavy (non-hydrogen) atoms. The average molecular weight is 315 g/mol. The molecule has 0 aliphatic carbocycles. The van der Waals surface area contributed by atoms with Crippen LogP contribution in [0.5, 0.6) is 11.5 Å². The van der Waals surface area contributed by atoms with E-state index in [0.717, 1.165) is 60.4 Å². The first-order chi connectivity index (χ1) is 8.69. The van der Waals surface area contributed by atoms with Gasteiger partial charge in [0.25, 0.3) is 0 Å². The van der Waals surface area contributed by atoms with Gasteiger partial charge in [-0.25, -0.2) is 0 Å². The van der Waals surface area contributed by atoms with Crippen molar-refractivity contribution in [1.29, 1.82) is 0 Å². The SMILES string of the molecule is CCCCOc1cc(Br)c(C)c(OCCCC)c1. The summed E-state index contributed by atoms with van der Waals surface area (Å²) in [5.41, 5.74) is 1.13. The lowest BCUT2D eigenvalue weighted by atomic mass is 10.2. The predicted octanol–water partition coefficient (Wildman–Crippen LogP) is 5.12. The summed E-state index contributed by atoms with van der Waals surface area (Å²) in [6.07, 6.45) is 4.45. The van der Waals surface area contributed by atoms with E-state index in [0.29, 0.717) is 0 Å². The molecule has 0 radical (unpaired) electrons. The smallest absolute Gasteiger partial charge is 0.127 e. The van der Waals surface area contributed by atoms with Crippen molar-refractivity contribution in [3.8, 4) is 11.5 Å². The highest BCUT2D eigenvalue weighted by Crippen LogP contribution is 2.32. The summed E-state index contributed by atoms with van der Waals surface area (Å²) in [4.78, 5) is 0. The summed E-state index contributed by atoms with van der Waals surface area (Å²) in [6, 6.07) is 4.00. The Labute approximate surface area is 119 Å². The molecule has 0 N–H and O–H groups in total. The Hall–Kier alpha value is -0.700. The van der Waals surface area contributed by atoms with Gasteiger partial charge in [-0.15, -0.1) is 0 Å². The first-order valence-electron chi connectivity index (χ1n) is 6.74. The quantitative estimate of drug-likeness (QED) is 0.620. The fraction of sp³-hybridized carbons (Fsp3) is 0.600. The minimum Gasteiger partial charge on any atom is -0.493 e. The van der Waals surface area contributed by atoms with Gasteiger partial charge < -0.3 is 9.47 Å². The Kier molecular flexibility index (Phi) is 7.18. The van der Waals surface area contributed by atoms with Crippen LogP contribution in [-0.4, -0.2) is 13.2 Å². The van der Waals surface area contributed by atoms with Crippen molar-refractivity contribution in [2.45, 2.75) is 46.5 Å². The second kappa shape index (κ2) is 8.41. The van der Waals surface area contributed by atoms with Crippen LogP contribution in [0.2, 0.25) is 0 Å². The number of benzene rings is 1. The Morgan fingerprint density at radius 1 is 1.00 bits per heavy atom. The van der Waals surface area contributed by atoms with Crippen molar-refractivity contribution in [3.05, 3.63) is 22.2 Å². The average Bonchev–Trinajstić information content (AvgIpc) is 2.35. The Balaban J connectivity index is 2.69. The summed E-state index contributed by atoms with van der Waals surface area (Å²) in [6.45, 7) is 7.91. The zero-order chi connectivity index (χ0) is 13.4. The molecule has 0 saturated carbocycles. The molecule has 1 aromatic carbocycles. The van der Waals surface area contributed by atoms with Crippen molar-refractivity contribution in [3.63, 3.8) is 0 Å². The van der Waals surface area contributed by atoms with E-state index in [1.807, 2.05) is 12.1 Å². The van der Waals surface area contributed by atoms with Crippen LogP contribution < -0.4 is 9.47 Å². The topological polar surface area (TPSA) is 18.5 Å². The maximum Gasteiger partial charge on any atom is 0.127 e. The van der Waals surface area contributed by atoms with Gasteiger partial charge in [-0.2, -0.15) is 0 Å². The Morgan fingerprint density at radius 3 is 2.22 bits per heavy atom. The number of unbranched alkanes of at least 4 members (excludes halogenated alkanes) is 2. The summed E-state index contributed by atoms with van der Waals surface area (Å²) in [7, 11) is 0. The fourth-order valence-corrected chi connectivity index (χ4v) is 1.95. The molecular weight excluding hydrogens is 292 g/mol. The van der Waals surface area contributed by atoms with E-state index in [-0.39, 0.29) is 0 Å². The highest BCUT2D eigenvalue weighted by Gasteiger charge is 2.07. The van der Waals surface area contributed by atoms with Gasteiger partial charge in [0, 0.05) is 16.1 Å². The molecular formula is C15H23BrO2. The number of hydrogen-bond donors (Lipinski definition) is 0. The number of hydrogen-bond acceptors (Lipinski definition) is 2. The first-order valence-corrected chi connectivity index (χ1v) is 7.54. The molecule has 0 fully saturated rings. The summed E-state index contributed by atoms with van der Waals surface area (Å²) in [5, 5.41) is 0. The van der Waals surface area contributed by atoms with E-state index in [2.05, 4.69) is 36.7 Å². The zero-order valence-corrected chi connectivity index (χ0v) is 13.2. The van der Waals surface area contributed by atoms with E-state index in [1.165, 1.54) is 0 Å². The molecule has 0 heterocycles. The van der Waals surface area contributed by atoms with Crippen molar-refractivity contribution >= 4 is 15.9 Å². The Bertz CT molecular complexity index is 364. The van der Waals surface area contributed by atoms with Crippen LogP contribution in [0.3, 0.4) is 0 Å². The van der Waals surface area contributed by atoms with Crippen LogP contribution in [0.4, 0.5) is 0 Å². The molecule has 0 saturated heterocycles. The van der Waals surface area contributed by atoms with Gasteiger partial charge in [-0.05, 0) is 25.8 Å². The van der Waals surface area contributed by atoms with Crippen LogP contribution in [0.15, 0.2) is 16.6 Å². The van der Waals surface area contributed by atoms with Gasteiger partial charge in [-0.3, -0.25) is 0 Å². The van der Waals surface area contributed by atoms with Crippen LogP contribution in [0.25, 0.3) is 0 Å². The van der Waals surface area contributed by atoms with Crippen LogP contribution in [-0.2, 0) is 0 Å². The number of rotatable bonds is 8. The third-order valence-electron chi connectivity index (χ3n) is 2.79. The fourth-order valence-electron chi connectivity index (χ4n) is 1.52. The molecule has 0 bridgehead atoms. The zero-order valence-electron chi connectivity index (χ0n) is 11.6. The molecule has 0 aliphatic heterocycles. The first kappa shape index (κ1) is 15.4. The maximum absolute atomic E-state index is 5.79. The molecule has 3 heteroatoms. The highest BCUT2D eigenvalue weighted by molar-refractivity contribution is 9.10. The van der Waals surface area contributed by atoms with Gasteiger partial charge in [0.2, 0.25) is 0 Å². The molecule has 2 nitrogen and oxygen atoms in total. The van der Waals surface area contributed by atoms with E-state index in [1.54, 1.807) is 0 Å². The van der Waals surface area contributed by atoms with Crippen LogP contribution >= 0.6 is 15.9 Å². The van der Waals surface area contributed by atoms with E-state index in [4.69, 9.17) is 9.47 Å². The van der Waals surface area contributed by atoms with E-state index in [9.17, 15) is 0 Å². The van der Waals surface area contributed by atoms with Crippen molar-refractivity contribution < 1.29 is 9.47 Å². The van der Waals surface area contributed by atoms with Gasteiger partial charge in [0.15, 0.2) is 0 Å². The summed E-state index contributed by atoms with van der Waals surface area (Å²) < 4.78 is 12.6. The summed E-state index contributed by atoms with van der Waals surface area (Å²) >= 11 is 3.55.